The van der Waals surface area contributed by atoms with Gasteiger partial charge in [0.05, 0.1) is 13.2 Å². The van der Waals surface area contributed by atoms with Gasteiger partial charge in [0, 0.05) is 31.6 Å². The number of nitrogens with zero attached hydrogens (tertiary/aromatic N) is 3. The largest absolute Gasteiger partial charge is 0.464 e. The molecule has 0 spiro atoms. The van der Waals surface area contributed by atoms with Crippen LogP contribution in [0.4, 0.5) is 0 Å². The minimum absolute atomic E-state index is 0.0589. The maximum atomic E-state index is 14.5. The Morgan fingerprint density at radius 2 is 1.90 bits per heavy atom. The van der Waals surface area contributed by atoms with E-state index in [9.17, 15) is 14.4 Å². The van der Waals surface area contributed by atoms with Gasteiger partial charge in [-0.3, -0.25) is 14.5 Å². The van der Waals surface area contributed by atoms with Gasteiger partial charge in [-0.05, 0) is 44.7 Å². The van der Waals surface area contributed by atoms with Crippen molar-refractivity contribution >= 4 is 29.1 Å². The predicted molar refractivity (Wildman–Crippen MR) is 165 cm³/mol. The minimum atomic E-state index is -0.676. The molecule has 1 fully saturated rings. The number of carbonyl (C=O) groups excluding carboxylic acids is 3. The average Bonchev–Trinajstić information content (AvgIpc) is 3.48. The van der Waals surface area contributed by atoms with Crippen molar-refractivity contribution in [3.8, 4) is 0 Å². The van der Waals surface area contributed by atoms with Crippen molar-refractivity contribution in [2.75, 3.05) is 41.1 Å². The van der Waals surface area contributed by atoms with Crippen LogP contribution in [0.1, 0.15) is 108 Å². The number of amides is 2. The van der Waals surface area contributed by atoms with Gasteiger partial charge in [-0.25, -0.2) is 9.78 Å². The number of piperidine rings is 1. The van der Waals surface area contributed by atoms with Gasteiger partial charge in [0.2, 0.25) is 11.8 Å². The van der Waals surface area contributed by atoms with Crippen LogP contribution in [0.15, 0.2) is 5.38 Å². The number of hydrogen-bond donors (Lipinski definition) is 1. The second kappa shape index (κ2) is 18.6. The maximum absolute atomic E-state index is 14.5. The van der Waals surface area contributed by atoms with E-state index in [2.05, 4.69) is 36.0 Å². The van der Waals surface area contributed by atoms with Crippen LogP contribution >= 0.6 is 11.3 Å². The molecule has 2 rings (SSSR count). The highest BCUT2D eigenvalue weighted by Gasteiger charge is 2.38. The van der Waals surface area contributed by atoms with E-state index in [0.717, 1.165) is 51.5 Å². The third-order valence-electron chi connectivity index (χ3n) is 8.36. The number of methoxy groups -OCH3 is 2. The first kappa shape index (κ1) is 36.1. The number of aromatic nitrogens is 1. The van der Waals surface area contributed by atoms with Crippen LogP contribution in [-0.2, 0) is 23.8 Å². The van der Waals surface area contributed by atoms with Crippen LogP contribution in [0.2, 0.25) is 0 Å². The molecule has 0 saturated carbocycles. The summed E-state index contributed by atoms with van der Waals surface area (Å²) in [5, 5.41) is 5.46. The van der Waals surface area contributed by atoms with Gasteiger partial charge in [0.15, 0.2) is 5.69 Å². The fourth-order valence-corrected chi connectivity index (χ4v) is 6.24. The molecular weight excluding hydrogens is 556 g/mol. The van der Waals surface area contributed by atoms with Crippen molar-refractivity contribution in [1.82, 2.24) is 20.1 Å². The average molecular weight is 611 g/mol. The van der Waals surface area contributed by atoms with Crippen molar-refractivity contribution in [3.63, 3.8) is 0 Å². The van der Waals surface area contributed by atoms with E-state index in [4.69, 9.17) is 14.2 Å². The zero-order valence-electron chi connectivity index (χ0n) is 27.0. The number of esters is 1. The molecule has 0 aliphatic carbocycles. The van der Waals surface area contributed by atoms with Gasteiger partial charge in [-0.1, -0.05) is 60.3 Å². The Morgan fingerprint density at radius 3 is 2.50 bits per heavy atom. The lowest BCUT2D eigenvalue weighted by molar-refractivity contribution is -0.149. The third kappa shape index (κ3) is 10.3. The van der Waals surface area contributed by atoms with E-state index in [0.29, 0.717) is 18.0 Å². The summed E-state index contributed by atoms with van der Waals surface area (Å²) in [4.78, 5) is 48.3. The van der Waals surface area contributed by atoms with E-state index in [-0.39, 0.29) is 48.2 Å². The van der Waals surface area contributed by atoms with Crippen molar-refractivity contribution in [1.29, 1.82) is 0 Å². The molecule has 1 unspecified atom stereocenters. The summed E-state index contributed by atoms with van der Waals surface area (Å²) < 4.78 is 16.8. The van der Waals surface area contributed by atoms with E-state index in [1.807, 2.05) is 20.9 Å². The van der Waals surface area contributed by atoms with Crippen molar-refractivity contribution < 1.29 is 28.6 Å². The molecule has 10 nitrogen and oxygen atoms in total. The quantitative estimate of drug-likeness (QED) is 0.140. The number of thiazole rings is 1. The highest BCUT2D eigenvalue weighted by molar-refractivity contribution is 7.09. The number of ether oxygens (including phenoxy) is 3. The smallest absolute Gasteiger partial charge is 0.357 e. The highest BCUT2D eigenvalue weighted by atomic mass is 32.1. The van der Waals surface area contributed by atoms with Gasteiger partial charge in [0.25, 0.3) is 0 Å². The Bertz CT molecular complexity index is 973. The first-order valence-electron chi connectivity index (χ1n) is 15.5. The molecule has 1 saturated heterocycles. The molecule has 1 N–H and O–H groups in total. The number of carbonyl (C=O) groups is 3. The van der Waals surface area contributed by atoms with Crippen LogP contribution in [-0.4, -0.2) is 91.8 Å². The topological polar surface area (TPSA) is 110 Å². The molecule has 2 heterocycles. The zero-order chi connectivity index (χ0) is 31.2. The molecular formula is C31H54N4O6S. The second-order valence-electron chi connectivity index (χ2n) is 11.8. The predicted octanol–water partition coefficient (Wildman–Crippen LogP) is 5.04. The van der Waals surface area contributed by atoms with Gasteiger partial charge in [0.1, 0.15) is 23.9 Å². The Hall–Kier alpha value is -2.08. The van der Waals surface area contributed by atoms with Crippen molar-refractivity contribution in [3.05, 3.63) is 16.1 Å². The van der Waals surface area contributed by atoms with Gasteiger partial charge in [-0.15, -0.1) is 11.3 Å². The maximum Gasteiger partial charge on any atom is 0.357 e. The first-order chi connectivity index (χ1) is 20.1. The Kier molecular flexibility index (Phi) is 16.0. The lowest BCUT2D eigenvalue weighted by atomic mass is 9.92. The summed E-state index contributed by atoms with van der Waals surface area (Å²) in [5.41, 5.74) is 0.236. The van der Waals surface area contributed by atoms with Crippen molar-refractivity contribution in [2.45, 2.75) is 110 Å². The van der Waals surface area contributed by atoms with Gasteiger partial charge < -0.3 is 24.4 Å². The number of likely N-dealkylation sites (N-methyl/N-ethyl adjacent to an activating group) is 1. The summed E-state index contributed by atoms with van der Waals surface area (Å²) in [5.74, 6) is -0.738. The van der Waals surface area contributed by atoms with Crippen LogP contribution < -0.4 is 5.32 Å². The monoisotopic (exact) mass is 610 g/mol. The zero-order valence-corrected chi connectivity index (χ0v) is 27.8. The lowest BCUT2D eigenvalue weighted by Crippen LogP contribution is -2.59. The van der Waals surface area contributed by atoms with Crippen LogP contribution in [0.5, 0.6) is 0 Å². The van der Waals surface area contributed by atoms with Crippen LogP contribution in [0.25, 0.3) is 0 Å². The molecule has 1 aliphatic rings. The first-order valence-corrected chi connectivity index (χ1v) is 16.4. The van der Waals surface area contributed by atoms with Gasteiger partial charge >= 0.3 is 5.97 Å². The Balaban J connectivity index is 2.37. The third-order valence-corrected chi connectivity index (χ3v) is 9.29. The fourth-order valence-electron chi connectivity index (χ4n) is 5.37. The molecule has 240 valence electrons. The number of unbranched alkanes of at least 4 members (excludes halogenated alkanes) is 2. The molecule has 42 heavy (non-hydrogen) atoms. The number of hydrogen-bond acceptors (Lipinski definition) is 9. The molecule has 1 aromatic rings. The van der Waals surface area contributed by atoms with E-state index in [1.54, 1.807) is 17.4 Å². The second-order valence-corrected chi connectivity index (χ2v) is 12.6. The minimum Gasteiger partial charge on any atom is -0.464 e. The van der Waals surface area contributed by atoms with Crippen LogP contribution in [0, 0.1) is 11.8 Å². The molecule has 5 atom stereocenters. The molecule has 0 aromatic carbocycles. The normalized spacial score (nSPS) is 18.7. The number of likely N-dealkylation sites (tertiary alicyclic amines) is 1. The van der Waals surface area contributed by atoms with Gasteiger partial charge in [-0.2, -0.15) is 0 Å². The molecule has 0 radical (unpaired) electrons. The SMILES string of the molecule is CCCCCOCN(C(=O)[C@@H](NC(=O)[C@H]1CCCCN1C)C(C)CC)[C@H](C[C@@H](OC)c1nc(C(=O)OC)cs1)C(C)C. The summed E-state index contributed by atoms with van der Waals surface area (Å²) >= 11 is 1.33. The molecule has 11 heteroatoms. The molecule has 0 bridgehead atoms. The van der Waals surface area contributed by atoms with Crippen LogP contribution in [0.3, 0.4) is 0 Å². The Labute approximate surface area is 256 Å². The summed E-state index contributed by atoms with van der Waals surface area (Å²) in [6, 6.07) is -1.17. The number of nitrogens with one attached hydrogen (secondary N) is 1. The lowest BCUT2D eigenvalue weighted by Gasteiger charge is -2.40. The Morgan fingerprint density at radius 1 is 1.17 bits per heavy atom. The molecule has 2 amide bonds. The summed E-state index contributed by atoms with van der Waals surface area (Å²) in [6.07, 6.45) is 6.68. The highest BCUT2D eigenvalue weighted by Crippen LogP contribution is 2.31. The van der Waals surface area contributed by atoms with E-state index < -0.39 is 18.1 Å². The standard InChI is InChI=1S/C31H54N4O6S/c1-9-11-14-17-41-20-35(25(21(3)4)18-26(39-7)29-32-23(19-42-29)31(38)40-8)30(37)27(22(5)10-2)33-28(36)24-15-12-13-16-34(24)6/h19,21-22,24-27H,9-18,20H2,1-8H3,(H,33,36)/t22?,24-,25-,26-,27+/m1/s1. The summed E-state index contributed by atoms with van der Waals surface area (Å²) in [6.45, 7) is 11.9. The number of rotatable bonds is 18. The van der Waals surface area contributed by atoms with E-state index in [1.165, 1.54) is 18.4 Å². The van der Waals surface area contributed by atoms with E-state index >= 15 is 0 Å². The molecule has 1 aromatic heterocycles. The summed E-state index contributed by atoms with van der Waals surface area (Å²) in [7, 11) is 4.91. The van der Waals surface area contributed by atoms with Crippen molar-refractivity contribution in [2.24, 2.45) is 11.8 Å². The fraction of sp³-hybridized carbons (Fsp3) is 0.806. The molecule has 1 aliphatic heterocycles.